The highest BCUT2D eigenvalue weighted by Crippen LogP contribution is 2.28. The van der Waals surface area contributed by atoms with Crippen molar-refractivity contribution in [3.05, 3.63) is 65.7 Å². The zero-order chi connectivity index (χ0) is 15.9. The Morgan fingerprint density at radius 3 is 2.64 bits per heavy atom. The molecule has 114 valence electrons. The quantitative estimate of drug-likeness (QED) is 0.814. The molecule has 0 aliphatic carbocycles. The number of anilines is 1. The summed E-state index contributed by atoms with van der Waals surface area (Å²) >= 11 is 5.94. The van der Waals surface area contributed by atoms with Crippen molar-refractivity contribution in [1.29, 1.82) is 0 Å². The number of nitrogens with one attached hydrogen (secondary N) is 1. The summed E-state index contributed by atoms with van der Waals surface area (Å²) in [5.74, 6) is 0.969. The largest absolute Gasteiger partial charge is 0.495 e. The Morgan fingerprint density at radius 1 is 1.27 bits per heavy atom. The van der Waals surface area contributed by atoms with Gasteiger partial charge in [-0.1, -0.05) is 24.3 Å². The van der Waals surface area contributed by atoms with E-state index in [9.17, 15) is 4.79 Å². The van der Waals surface area contributed by atoms with Gasteiger partial charge in [0.25, 0.3) is 5.91 Å². The molecule has 0 heterocycles. The van der Waals surface area contributed by atoms with E-state index in [1.165, 1.54) is 7.11 Å². The molecule has 0 fully saturated rings. The molecule has 0 unspecified atom stereocenters. The summed E-state index contributed by atoms with van der Waals surface area (Å²) in [7, 11) is 1.53. The number of hydrogen-bond donors (Lipinski definition) is 1. The van der Waals surface area contributed by atoms with Crippen LogP contribution in [0.5, 0.6) is 11.5 Å². The molecule has 1 amide bonds. The van der Waals surface area contributed by atoms with Crippen LogP contribution in [0.25, 0.3) is 0 Å². The highest BCUT2D eigenvalue weighted by atomic mass is 35.5. The van der Waals surface area contributed by atoms with E-state index in [1.807, 2.05) is 0 Å². The van der Waals surface area contributed by atoms with Gasteiger partial charge in [-0.15, -0.1) is 0 Å². The van der Waals surface area contributed by atoms with E-state index in [0.717, 1.165) is 0 Å². The van der Waals surface area contributed by atoms with Gasteiger partial charge >= 0.3 is 0 Å². The van der Waals surface area contributed by atoms with E-state index in [2.05, 4.69) is 11.9 Å². The fraction of sp³-hybridized carbons (Fsp3) is 0.118. The molecule has 4 nitrogen and oxygen atoms in total. The highest BCUT2D eigenvalue weighted by Gasteiger charge is 2.10. The molecule has 0 atom stereocenters. The maximum absolute atomic E-state index is 12.3. The number of rotatable bonds is 6. The Kier molecular flexibility index (Phi) is 5.44. The minimum Gasteiger partial charge on any atom is -0.495 e. The van der Waals surface area contributed by atoms with E-state index in [0.29, 0.717) is 34.4 Å². The van der Waals surface area contributed by atoms with Crippen LogP contribution in [0, 0.1) is 0 Å². The van der Waals surface area contributed by atoms with Crippen LogP contribution in [0.3, 0.4) is 0 Å². The zero-order valence-electron chi connectivity index (χ0n) is 12.1. The molecule has 0 aromatic heterocycles. The van der Waals surface area contributed by atoms with Crippen LogP contribution in [0.4, 0.5) is 5.69 Å². The van der Waals surface area contributed by atoms with Gasteiger partial charge in [0, 0.05) is 10.6 Å². The summed E-state index contributed by atoms with van der Waals surface area (Å²) in [5.41, 5.74) is 1.03. The minimum atomic E-state index is -0.254. The van der Waals surface area contributed by atoms with Crippen molar-refractivity contribution in [2.24, 2.45) is 0 Å². The van der Waals surface area contributed by atoms with Crippen molar-refractivity contribution in [2.75, 3.05) is 19.0 Å². The predicted molar refractivity (Wildman–Crippen MR) is 88.1 cm³/mol. The third-order valence-corrected chi connectivity index (χ3v) is 3.13. The SMILES string of the molecule is C=CCOc1ccc(C(=O)Nc2cc(Cl)ccc2OC)cc1. The van der Waals surface area contributed by atoms with Crippen LogP contribution in [0.15, 0.2) is 55.1 Å². The number of methoxy groups -OCH3 is 1. The third-order valence-electron chi connectivity index (χ3n) is 2.89. The molecule has 2 aromatic carbocycles. The van der Waals surface area contributed by atoms with Gasteiger partial charge in [0.05, 0.1) is 12.8 Å². The van der Waals surface area contributed by atoms with Gasteiger partial charge in [-0.2, -0.15) is 0 Å². The number of halogens is 1. The lowest BCUT2D eigenvalue weighted by Crippen LogP contribution is -2.12. The fourth-order valence-corrected chi connectivity index (χ4v) is 2.00. The van der Waals surface area contributed by atoms with Crippen molar-refractivity contribution < 1.29 is 14.3 Å². The standard InChI is InChI=1S/C17H16ClNO3/c1-3-10-22-14-7-4-12(5-8-14)17(20)19-15-11-13(18)6-9-16(15)21-2/h3-9,11H,1,10H2,2H3,(H,19,20). The molecule has 1 N–H and O–H groups in total. The maximum atomic E-state index is 12.3. The van der Waals surface area contributed by atoms with E-state index < -0.39 is 0 Å². The first-order valence-corrected chi connectivity index (χ1v) is 7.00. The predicted octanol–water partition coefficient (Wildman–Crippen LogP) is 4.17. The molecule has 0 bridgehead atoms. The number of benzene rings is 2. The molecule has 2 rings (SSSR count). The fourth-order valence-electron chi connectivity index (χ4n) is 1.83. The average Bonchev–Trinajstić information content (AvgIpc) is 2.53. The number of carbonyl (C=O) groups is 1. The van der Waals surface area contributed by atoms with Gasteiger partial charge in [-0.05, 0) is 42.5 Å². The molecule has 5 heteroatoms. The van der Waals surface area contributed by atoms with Crippen molar-refractivity contribution in [3.8, 4) is 11.5 Å². The molecule has 0 spiro atoms. The van der Waals surface area contributed by atoms with Crippen LogP contribution < -0.4 is 14.8 Å². The van der Waals surface area contributed by atoms with E-state index in [4.69, 9.17) is 21.1 Å². The van der Waals surface area contributed by atoms with Crippen molar-refractivity contribution in [2.45, 2.75) is 0 Å². The Hall–Kier alpha value is -2.46. The van der Waals surface area contributed by atoms with Crippen LogP contribution in [-0.2, 0) is 0 Å². The van der Waals surface area contributed by atoms with E-state index in [-0.39, 0.29) is 5.91 Å². The first-order valence-electron chi connectivity index (χ1n) is 6.62. The van der Waals surface area contributed by atoms with E-state index >= 15 is 0 Å². The minimum absolute atomic E-state index is 0.254. The van der Waals surface area contributed by atoms with Gasteiger partial charge in [-0.25, -0.2) is 0 Å². The van der Waals surface area contributed by atoms with Crippen LogP contribution in [0.1, 0.15) is 10.4 Å². The molecule has 0 saturated carbocycles. The summed E-state index contributed by atoms with van der Waals surface area (Å²) in [6, 6.07) is 11.9. The smallest absolute Gasteiger partial charge is 0.255 e. The summed E-state index contributed by atoms with van der Waals surface area (Å²) in [6.45, 7) is 4.00. The van der Waals surface area contributed by atoms with Crippen LogP contribution >= 0.6 is 11.6 Å². The van der Waals surface area contributed by atoms with Gasteiger partial charge in [0.1, 0.15) is 18.1 Å². The molecule has 2 aromatic rings. The number of amides is 1. The Balaban J connectivity index is 2.12. The number of carbonyl (C=O) groups excluding carboxylic acids is 1. The normalized spacial score (nSPS) is 9.91. The van der Waals surface area contributed by atoms with Crippen molar-refractivity contribution in [1.82, 2.24) is 0 Å². The second-order valence-electron chi connectivity index (χ2n) is 4.42. The molecule has 22 heavy (non-hydrogen) atoms. The summed E-state index contributed by atoms with van der Waals surface area (Å²) < 4.78 is 10.6. The van der Waals surface area contributed by atoms with Gasteiger partial charge in [0.15, 0.2) is 0 Å². The topological polar surface area (TPSA) is 47.6 Å². The molecule has 0 aliphatic heterocycles. The first-order chi connectivity index (χ1) is 10.6. The molecule has 0 radical (unpaired) electrons. The number of ether oxygens (including phenoxy) is 2. The van der Waals surface area contributed by atoms with Crippen molar-refractivity contribution >= 4 is 23.2 Å². The Labute approximate surface area is 134 Å². The highest BCUT2D eigenvalue weighted by molar-refractivity contribution is 6.31. The van der Waals surface area contributed by atoms with Crippen LogP contribution in [0.2, 0.25) is 5.02 Å². The second-order valence-corrected chi connectivity index (χ2v) is 4.86. The number of hydrogen-bond acceptors (Lipinski definition) is 3. The summed E-state index contributed by atoms with van der Waals surface area (Å²) in [5, 5.41) is 3.29. The lowest BCUT2D eigenvalue weighted by molar-refractivity contribution is 0.102. The Bertz CT molecular complexity index is 668. The third kappa shape index (κ3) is 4.02. The first kappa shape index (κ1) is 15.9. The van der Waals surface area contributed by atoms with Crippen LogP contribution in [-0.4, -0.2) is 19.6 Å². The molecule has 0 saturated heterocycles. The zero-order valence-corrected chi connectivity index (χ0v) is 12.9. The van der Waals surface area contributed by atoms with Gasteiger partial charge < -0.3 is 14.8 Å². The van der Waals surface area contributed by atoms with Gasteiger partial charge in [-0.3, -0.25) is 4.79 Å². The van der Waals surface area contributed by atoms with Gasteiger partial charge in [0.2, 0.25) is 0 Å². The lowest BCUT2D eigenvalue weighted by atomic mass is 10.2. The molecule has 0 aliphatic rings. The monoisotopic (exact) mass is 317 g/mol. The average molecular weight is 318 g/mol. The Morgan fingerprint density at radius 2 is 2.00 bits per heavy atom. The summed E-state index contributed by atoms with van der Waals surface area (Å²) in [4.78, 5) is 12.3. The summed E-state index contributed by atoms with van der Waals surface area (Å²) in [6.07, 6.45) is 1.66. The lowest BCUT2D eigenvalue weighted by Gasteiger charge is -2.11. The van der Waals surface area contributed by atoms with Crippen molar-refractivity contribution in [3.63, 3.8) is 0 Å². The van der Waals surface area contributed by atoms with E-state index in [1.54, 1.807) is 48.5 Å². The molecular formula is C17H16ClNO3. The second kappa shape index (κ2) is 7.52. The maximum Gasteiger partial charge on any atom is 0.255 e. The molecular weight excluding hydrogens is 302 g/mol.